The van der Waals surface area contributed by atoms with E-state index in [0.29, 0.717) is 0 Å². The molecule has 1 aromatic carbocycles. The van der Waals surface area contributed by atoms with Crippen LogP contribution in [0.1, 0.15) is 38.3 Å². The Kier molecular flexibility index (Phi) is 3.46. The summed E-state index contributed by atoms with van der Waals surface area (Å²) in [7, 11) is 0. The number of carbonyl (C=O) groups is 1. The van der Waals surface area contributed by atoms with Crippen molar-refractivity contribution in [3.8, 4) is 0 Å². The molecule has 1 aliphatic rings. The molecule has 0 radical (unpaired) electrons. The Morgan fingerprint density at radius 2 is 2.00 bits per heavy atom. The zero-order valence-corrected chi connectivity index (χ0v) is 10.3. The van der Waals surface area contributed by atoms with Crippen LogP contribution in [-0.2, 0) is 4.79 Å². The van der Waals surface area contributed by atoms with Crippen molar-refractivity contribution in [2.45, 2.75) is 32.7 Å². The van der Waals surface area contributed by atoms with Gasteiger partial charge in [0.25, 0.3) is 0 Å². The third kappa shape index (κ3) is 2.48. The minimum Gasteiger partial charge on any atom is -0.335 e. The highest BCUT2D eigenvalue weighted by Gasteiger charge is 2.30. The van der Waals surface area contributed by atoms with Crippen molar-refractivity contribution in [2.24, 2.45) is 5.92 Å². The third-order valence-electron chi connectivity index (χ3n) is 3.28. The first-order chi connectivity index (χ1) is 8.09. The molecule has 1 aliphatic heterocycles. The first kappa shape index (κ1) is 12.1. The highest BCUT2D eigenvalue weighted by Crippen LogP contribution is 2.32. The van der Waals surface area contributed by atoms with Crippen LogP contribution in [0.4, 0.5) is 4.39 Å². The van der Waals surface area contributed by atoms with E-state index in [0.717, 1.165) is 24.9 Å². The second-order valence-electron chi connectivity index (χ2n) is 4.90. The van der Waals surface area contributed by atoms with Crippen LogP contribution in [-0.4, -0.2) is 17.4 Å². The molecule has 17 heavy (non-hydrogen) atoms. The smallest absolute Gasteiger partial charge is 0.225 e. The molecule has 1 amide bonds. The molecule has 92 valence electrons. The van der Waals surface area contributed by atoms with Gasteiger partial charge >= 0.3 is 0 Å². The van der Waals surface area contributed by atoms with Crippen LogP contribution in [0.5, 0.6) is 0 Å². The van der Waals surface area contributed by atoms with E-state index in [2.05, 4.69) is 0 Å². The molecular weight excluding hydrogens is 217 g/mol. The topological polar surface area (TPSA) is 20.3 Å². The van der Waals surface area contributed by atoms with Gasteiger partial charge in [0.15, 0.2) is 0 Å². The number of halogens is 1. The Balaban J connectivity index is 2.20. The van der Waals surface area contributed by atoms with Crippen molar-refractivity contribution < 1.29 is 9.18 Å². The number of nitrogens with zero attached hydrogens (tertiary/aromatic N) is 1. The average molecular weight is 235 g/mol. The molecular formula is C14H18FNO. The molecule has 1 heterocycles. The summed E-state index contributed by atoms with van der Waals surface area (Å²) in [4.78, 5) is 14.0. The van der Waals surface area contributed by atoms with Crippen molar-refractivity contribution in [1.82, 2.24) is 4.90 Å². The highest BCUT2D eigenvalue weighted by molar-refractivity contribution is 5.78. The van der Waals surface area contributed by atoms with E-state index in [9.17, 15) is 9.18 Å². The van der Waals surface area contributed by atoms with Gasteiger partial charge in [0.1, 0.15) is 5.82 Å². The van der Waals surface area contributed by atoms with Crippen LogP contribution in [0.3, 0.4) is 0 Å². The van der Waals surface area contributed by atoms with Gasteiger partial charge in [-0.1, -0.05) is 26.0 Å². The summed E-state index contributed by atoms with van der Waals surface area (Å²) in [6.07, 6.45) is 2.00. The molecule has 0 spiro atoms. The van der Waals surface area contributed by atoms with Gasteiger partial charge in [-0.2, -0.15) is 0 Å². The first-order valence-corrected chi connectivity index (χ1v) is 6.15. The van der Waals surface area contributed by atoms with Crippen molar-refractivity contribution >= 4 is 5.91 Å². The summed E-state index contributed by atoms with van der Waals surface area (Å²) in [5.74, 6) is -0.0126. The Bertz CT molecular complexity index is 399. The second kappa shape index (κ2) is 4.86. The normalized spacial score (nSPS) is 20.0. The van der Waals surface area contributed by atoms with Crippen LogP contribution in [0.15, 0.2) is 24.3 Å². The van der Waals surface area contributed by atoms with Gasteiger partial charge in [0.05, 0.1) is 6.04 Å². The second-order valence-corrected chi connectivity index (χ2v) is 4.90. The monoisotopic (exact) mass is 235 g/mol. The maximum Gasteiger partial charge on any atom is 0.225 e. The Labute approximate surface area is 101 Å². The number of likely N-dealkylation sites (tertiary alicyclic amines) is 1. The lowest BCUT2D eigenvalue weighted by Crippen LogP contribution is -2.33. The molecule has 0 saturated carbocycles. The standard InChI is InChI=1S/C14H18FNO/c1-10(2)14(17)16-9-3-4-13(16)11-5-7-12(15)8-6-11/h5-8,10,13H,3-4,9H2,1-2H3. The number of rotatable bonds is 2. The van der Waals surface area contributed by atoms with Gasteiger partial charge in [-0.3, -0.25) is 4.79 Å². The van der Waals surface area contributed by atoms with Crippen LogP contribution in [0.25, 0.3) is 0 Å². The minimum atomic E-state index is -0.228. The van der Waals surface area contributed by atoms with Crippen LogP contribution >= 0.6 is 0 Å². The molecule has 2 rings (SSSR count). The predicted octanol–water partition coefficient (Wildman–Crippen LogP) is 3.15. The molecule has 0 aromatic heterocycles. The molecule has 0 bridgehead atoms. The maximum atomic E-state index is 12.9. The minimum absolute atomic E-state index is 0.0241. The predicted molar refractivity (Wildman–Crippen MR) is 64.9 cm³/mol. The first-order valence-electron chi connectivity index (χ1n) is 6.15. The van der Waals surface area contributed by atoms with Gasteiger partial charge in [-0.25, -0.2) is 4.39 Å². The fourth-order valence-corrected chi connectivity index (χ4v) is 2.39. The number of hydrogen-bond acceptors (Lipinski definition) is 1. The van der Waals surface area contributed by atoms with E-state index in [1.807, 2.05) is 18.7 Å². The third-order valence-corrected chi connectivity index (χ3v) is 3.28. The lowest BCUT2D eigenvalue weighted by Gasteiger charge is -2.26. The van der Waals surface area contributed by atoms with Gasteiger partial charge in [0, 0.05) is 12.5 Å². The maximum absolute atomic E-state index is 12.9. The van der Waals surface area contributed by atoms with Gasteiger partial charge in [0.2, 0.25) is 5.91 Å². The molecule has 1 fully saturated rings. The van der Waals surface area contributed by atoms with E-state index in [4.69, 9.17) is 0 Å². The van der Waals surface area contributed by atoms with Gasteiger partial charge in [-0.05, 0) is 30.5 Å². The number of carbonyl (C=O) groups excluding carboxylic acids is 1. The summed E-state index contributed by atoms with van der Waals surface area (Å²) in [6, 6.07) is 6.63. The van der Waals surface area contributed by atoms with Gasteiger partial charge in [-0.15, -0.1) is 0 Å². The molecule has 1 unspecified atom stereocenters. The van der Waals surface area contributed by atoms with Crippen molar-refractivity contribution in [3.05, 3.63) is 35.6 Å². The molecule has 2 nitrogen and oxygen atoms in total. The number of hydrogen-bond donors (Lipinski definition) is 0. The van der Waals surface area contributed by atoms with Crippen molar-refractivity contribution in [1.29, 1.82) is 0 Å². The molecule has 3 heteroatoms. The van der Waals surface area contributed by atoms with E-state index in [1.165, 1.54) is 12.1 Å². The van der Waals surface area contributed by atoms with Crippen LogP contribution in [0.2, 0.25) is 0 Å². The molecule has 1 atom stereocenters. The largest absolute Gasteiger partial charge is 0.335 e. The van der Waals surface area contributed by atoms with E-state index >= 15 is 0 Å². The number of benzene rings is 1. The molecule has 0 aliphatic carbocycles. The molecule has 1 saturated heterocycles. The van der Waals surface area contributed by atoms with Crippen LogP contribution < -0.4 is 0 Å². The quantitative estimate of drug-likeness (QED) is 0.771. The summed E-state index contributed by atoms with van der Waals surface area (Å²) < 4.78 is 12.9. The fraction of sp³-hybridized carbons (Fsp3) is 0.500. The Morgan fingerprint density at radius 1 is 1.35 bits per heavy atom. The SMILES string of the molecule is CC(C)C(=O)N1CCCC1c1ccc(F)cc1. The summed E-state index contributed by atoms with van der Waals surface area (Å²) in [5, 5.41) is 0. The van der Waals surface area contributed by atoms with Crippen molar-refractivity contribution in [2.75, 3.05) is 6.54 Å². The summed E-state index contributed by atoms with van der Waals surface area (Å²) in [6.45, 7) is 4.66. The van der Waals surface area contributed by atoms with E-state index in [-0.39, 0.29) is 23.7 Å². The zero-order valence-electron chi connectivity index (χ0n) is 10.3. The van der Waals surface area contributed by atoms with E-state index in [1.54, 1.807) is 12.1 Å². The number of amides is 1. The Morgan fingerprint density at radius 3 is 2.59 bits per heavy atom. The lowest BCUT2D eigenvalue weighted by atomic mass is 10.0. The molecule has 0 N–H and O–H groups in total. The highest BCUT2D eigenvalue weighted by atomic mass is 19.1. The van der Waals surface area contributed by atoms with Gasteiger partial charge < -0.3 is 4.90 Å². The molecule has 1 aromatic rings. The van der Waals surface area contributed by atoms with Crippen molar-refractivity contribution in [3.63, 3.8) is 0 Å². The van der Waals surface area contributed by atoms with E-state index < -0.39 is 0 Å². The average Bonchev–Trinajstić information content (AvgIpc) is 2.77. The Hall–Kier alpha value is -1.38. The zero-order chi connectivity index (χ0) is 12.4. The summed E-state index contributed by atoms with van der Waals surface area (Å²) in [5.41, 5.74) is 1.04. The fourth-order valence-electron chi connectivity index (χ4n) is 2.39. The van der Waals surface area contributed by atoms with Crippen LogP contribution in [0, 0.1) is 11.7 Å². The summed E-state index contributed by atoms with van der Waals surface area (Å²) >= 11 is 0. The lowest BCUT2D eigenvalue weighted by molar-refractivity contribution is -0.135.